The van der Waals surface area contributed by atoms with E-state index >= 15 is 0 Å². The lowest BCUT2D eigenvalue weighted by molar-refractivity contribution is 0.0506. The Balaban J connectivity index is 1.57. The normalized spacial score (nSPS) is 11.2. The van der Waals surface area contributed by atoms with E-state index in [1.54, 1.807) is 6.20 Å². The highest BCUT2D eigenvalue weighted by Gasteiger charge is 2.43. The molecule has 6 rings (SSSR count). The van der Waals surface area contributed by atoms with Gasteiger partial charge in [0.1, 0.15) is 5.54 Å². The number of rotatable bonds is 9. The Morgan fingerprint density at radius 3 is 1.84 bits per heavy atom. The molecule has 0 aliphatic carbocycles. The fourth-order valence-corrected chi connectivity index (χ4v) is 6.22. The van der Waals surface area contributed by atoms with Crippen LogP contribution >= 0.6 is 0 Å². The Hall–Kier alpha value is -5.74. The minimum Gasteiger partial charge on any atom is -0.461 e. The first-order chi connectivity index (χ1) is 22.0. The van der Waals surface area contributed by atoms with Gasteiger partial charge in [0.05, 0.1) is 36.7 Å². The van der Waals surface area contributed by atoms with Gasteiger partial charge in [-0.15, -0.1) is 0 Å². The van der Waals surface area contributed by atoms with Crippen molar-refractivity contribution >= 4 is 5.97 Å². The largest absolute Gasteiger partial charge is 0.461 e. The second kappa shape index (κ2) is 12.5. The van der Waals surface area contributed by atoms with Gasteiger partial charge < -0.3 is 4.74 Å². The van der Waals surface area contributed by atoms with Crippen molar-refractivity contribution in [1.82, 2.24) is 19.6 Å². The molecule has 0 atom stereocenters. The highest BCUT2D eigenvalue weighted by molar-refractivity contribution is 5.89. The van der Waals surface area contributed by atoms with Crippen LogP contribution in [0.25, 0.3) is 11.1 Å². The number of hydrogen-bond donors (Lipinski definition) is 0. The van der Waals surface area contributed by atoms with Gasteiger partial charge >= 0.3 is 5.97 Å². The molecule has 2 heterocycles. The van der Waals surface area contributed by atoms with E-state index in [2.05, 4.69) is 42.5 Å². The van der Waals surface area contributed by atoms with Crippen LogP contribution in [-0.4, -0.2) is 32.1 Å². The molecule has 222 valence electrons. The predicted octanol–water partition coefficient (Wildman–Crippen LogP) is 7.30. The molecule has 0 fully saturated rings. The van der Waals surface area contributed by atoms with Crippen LogP contribution in [0.4, 0.5) is 0 Å². The number of hydrogen-bond acceptors (Lipinski definition) is 5. The third-order valence-electron chi connectivity index (χ3n) is 8.21. The van der Waals surface area contributed by atoms with Crippen LogP contribution in [0.15, 0.2) is 121 Å². The SMILES string of the molecule is CCOC(=O)c1c(Cn2nc(C)c(-c3ccc(C#N)cc3)c2C)cnn1C(c1ccccc1)(c1ccccc1)c1ccccc1. The molecular formula is C38H33N5O2. The zero-order valence-corrected chi connectivity index (χ0v) is 25.5. The van der Waals surface area contributed by atoms with Crippen LogP contribution in [-0.2, 0) is 16.8 Å². The average molecular weight is 592 g/mol. The lowest BCUT2D eigenvalue weighted by atomic mass is 9.77. The zero-order valence-electron chi connectivity index (χ0n) is 25.5. The molecule has 0 radical (unpaired) electrons. The lowest BCUT2D eigenvalue weighted by Crippen LogP contribution is -2.41. The van der Waals surface area contributed by atoms with Crippen molar-refractivity contribution in [2.45, 2.75) is 32.9 Å². The summed E-state index contributed by atoms with van der Waals surface area (Å²) >= 11 is 0. The summed E-state index contributed by atoms with van der Waals surface area (Å²) in [7, 11) is 0. The van der Waals surface area contributed by atoms with Gasteiger partial charge in [0.2, 0.25) is 0 Å². The Labute approximate surface area is 263 Å². The lowest BCUT2D eigenvalue weighted by Gasteiger charge is -2.37. The van der Waals surface area contributed by atoms with Crippen molar-refractivity contribution in [2.75, 3.05) is 6.61 Å². The minimum absolute atomic E-state index is 0.223. The fraction of sp³-hybridized carbons (Fsp3) is 0.158. The number of aryl methyl sites for hydroxylation is 1. The van der Waals surface area contributed by atoms with E-state index in [-0.39, 0.29) is 6.61 Å². The van der Waals surface area contributed by atoms with Crippen LogP contribution in [0.1, 0.15) is 56.6 Å². The Kier molecular flexibility index (Phi) is 8.13. The highest BCUT2D eigenvalue weighted by atomic mass is 16.5. The molecule has 0 bridgehead atoms. The number of carbonyl (C=O) groups excluding carboxylic acids is 1. The van der Waals surface area contributed by atoms with Gasteiger partial charge in [0.25, 0.3) is 0 Å². The van der Waals surface area contributed by atoms with Gasteiger partial charge in [0, 0.05) is 16.8 Å². The Morgan fingerprint density at radius 1 is 0.822 bits per heavy atom. The summed E-state index contributed by atoms with van der Waals surface area (Å²) in [6, 6.07) is 40.1. The summed E-state index contributed by atoms with van der Waals surface area (Å²) in [4.78, 5) is 14.0. The van der Waals surface area contributed by atoms with Crippen LogP contribution in [0.2, 0.25) is 0 Å². The van der Waals surface area contributed by atoms with Gasteiger partial charge in [-0.3, -0.25) is 4.68 Å². The van der Waals surface area contributed by atoms with E-state index in [9.17, 15) is 10.1 Å². The molecule has 0 spiro atoms. The smallest absolute Gasteiger partial charge is 0.357 e. The summed E-state index contributed by atoms with van der Waals surface area (Å²) in [6.45, 7) is 6.33. The van der Waals surface area contributed by atoms with Crippen molar-refractivity contribution in [2.24, 2.45) is 0 Å². The van der Waals surface area contributed by atoms with Gasteiger partial charge in [-0.05, 0) is 55.2 Å². The molecule has 0 saturated heterocycles. The second-order valence-electron chi connectivity index (χ2n) is 10.9. The summed E-state index contributed by atoms with van der Waals surface area (Å²) in [5, 5.41) is 19.1. The molecular weight excluding hydrogens is 558 g/mol. The van der Waals surface area contributed by atoms with Crippen LogP contribution < -0.4 is 0 Å². The molecule has 0 amide bonds. The molecule has 0 aliphatic heterocycles. The molecule has 0 saturated carbocycles. The van der Waals surface area contributed by atoms with Gasteiger partial charge in [-0.1, -0.05) is 103 Å². The Bertz CT molecular complexity index is 1870. The molecule has 7 heteroatoms. The number of nitrogens with zero attached hydrogens (tertiary/aromatic N) is 5. The summed E-state index contributed by atoms with van der Waals surface area (Å²) in [6.07, 6.45) is 1.76. The molecule has 0 N–H and O–H groups in total. The van der Waals surface area contributed by atoms with E-state index in [1.807, 2.05) is 109 Å². The third-order valence-corrected chi connectivity index (χ3v) is 8.21. The number of ether oxygens (including phenoxy) is 1. The Morgan fingerprint density at radius 2 is 1.36 bits per heavy atom. The van der Waals surface area contributed by atoms with E-state index in [0.29, 0.717) is 23.4 Å². The predicted molar refractivity (Wildman–Crippen MR) is 174 cm³/mol. The fourth-order valence-electron chi connectivity index (χ4n) is 6.22. The topological polar surface area (TPSA) is 85.7 Å². The summed E-state index contributed by atoms with van der Waals surface area (Å²) in [5.74, 6) is -0.453. The highest BCUT2D eigenvalue weighted by Crippen LogP contribution is 2.42. The number of carbonyl (C=O) groups is 1. The number of benzene rings is 4. The monoisotopic (exact) mass is 591 g/mol. The first kappa shape index (κ1) is 29.3. The molecule has 0 unspecified atom stereocenters. The zero-order chi connectivity index (χ0) is 31.4. The van der Waals surface area contributed by atoms with Gasteiger partial charge in [-0.2, -0.15) is 15.5 Å². The van der Waals surface area contributed by atoms with Crippen LogP contribution in [0.3, 0.4) is 0 Å². The van der Waals surface area contributed by atoms with Crippen molar-refractivity contribution in [1.29, 1.82) is 5.26 Å². The quantitative estimate of drug-likeness (QED) is 0.130. The molecule has 7 nitrogen and oxygen atoms in total. The molecule has 4 aromatic carbocycles. The molecule has 6 aromatic rings. The minimum atomic E-state index is -0.979. The third kappa shape index (κ3) is 5.21. The standard InChI is InChI=1S/C38H33N5O2/c1-4-45-37(44)36-31(26-42-28(3)35(27(2)41-42)30-22-20-29(24-39)21-23-30)25-40-43(36)38(32-14-8-5-9-15-32,33-16-10-6-11-17-33)34-18-12-7-13-19-34/h5-23,25H,4,26H2,1-3H3. The van der Waals surface area contributed by atoms with Crippen molar-refractivity contribution in [3.05, 3.63) is 166 Å². The second-order valence-corrected chi connectivity index (χ2v) is 10.9. The molecule has 2 aromatic heterocycles. The maximum Gasteiger partial charge on any atom is 0.357 e. The first-order valence-electron chi connectivity index (χ1n) is 14.9. The van der Waals surface area contributed by atoms with E-state index in [0.717, 1.165) is 39.2 Å². The van der Waals surface area contributed by atoms with E-state index in [4.69, 9.17) is 14.9 Å². The van der Waals surface area contributed by atoms with Crippen LogP contribution in [0.5, 0.6) is 0 Å². The molecule has 45 heavy (non-hydrogen) atoms. The molecule has 0 aliphatic rings. The van der Waals surface area contributed by atoms with Crippen molar-refractivity contribution in [3.63, 3.8) is 0 Å². The summed E-state index contributed by atoms with van der Waals surface area (Å²) in [5.41, 5.74) is 7.32. The van der Waals surface area contributed by atoms with E-state index in [1.165, 1.54) is 0 Å². The van der Waals surface area contributed by atoms with Crippen LogP contribution in [0, 0.1) is 25.2 Å². The van der Waals surface area contributed by atoms with Gasteiger partial charge in [-0.25, -0.2) is 9.48 Å². The summed E-state index contributed by atoms with van der Waals surface area (Å²) < 4.78 is 9.43. The number of esters is 1. The van der Waals surface area contributed by atoms with Crippen molar-refractivity contribution < 1.29 is 9.53 Å². The number of aromatic nitrogens is 4. The van der Waals surface area contributed by atoms with Crippen molar-refractivity contribution in [3.8, 4) is 17.2 Å². The first-order valence-corrected chi connectivity index (χ1v) is 14.9. The van der Waals surface area contributed by atoms with Gasteiger partial charge in [0.15, 0.2) is 5.69 Å². The average Bonchev–Trinajstić information content (AvgIpc) is 3.62. The van der Waals surface area contributed by atoms with E-state index < -0.39 is 11.5 Å². The number of nitriles is 1. The maximum atomic E-state index is 14.0. The maximum absolute atomic E-state index is 14.0.